The number of hydrogen-bond acceptors (Lipinski definition) is 0. The molecule has 1 rings (SSSR count). The van der Waals surface area contributed by atoms with Gasteiger partial charge in [0.1, 0.15) is 0 Å². The molecule has 0 heterocycles. The fourth-order valence-corrected chi connectivity index (χ4v) is 1.46. The zero-order valence-corrected chi connectivity index (χ0v) is 9.41. The molecule has 0 N–H and O–H groups in total. The van der Waals surface area contributed by atoms with Crippen LogP contribution in [0, 0.1) is 16.7 Å². The summed E-state index contributed by atoms with van der Waals surface area (Å²) in [5.74, 6) is 0.870. The third kappa shape index (κ3) is 2.80. The molecule has 0 aliphatic heterocycles. The van der Waals surface area contributed by atoms with Gasteiger partial charge >= 0.3 is 0 Å². The van der Waals surface area contributed by atoms with Gasteiger partial charge in [-0.15, -0.1) is 0 Å². The third-order valence-corrected chi connectivity index (χ3v) is 3.76. The molecule has 1 unspecified atom stereocenters. The van der Waals surface area contributed by atoms with E-state index >= 15 is 0 Å². The molecule has 1 fully saturated rings. The molecule has 1 atom stereocenters. The van der Waals surface area contributed by atoms with E-state index in [9.17, 15) is 0 Å². The van der Waals surface area contributed by atoms with Crippen molar-refractivity contribution in [1.82, 2.24) is 0 Å². The van der Waals surface area contributed by atoms with Gasteiger partial charge in [-0.2, -0.15) is 0 Å². The fraction of sp³-hybridized carbons (Fsp3) is 1.00. The van der Waals surface area contributed by atoms with Crippen molar-refractivity contribution in [3.63, 3.8) is 0 Å². The van der Waals surface area contributed by atoms with Gasteiger partial charge in [0.2, 0.25) is 0 Å². The minimum absolute atomic E-state index is 0.505. The van der Waals surface area contributed by atoms with Crippen LogP contribution in [0.4, 0.5) is 0 Å². The van der Waals surface area contributed by atoms with E-state index in [0.29, 0.717) is 5.41 Å². The lowest BCUT2D eigenvalue weighted by Gasteiger charge is -2.28. The van der Waals surface area contributed by atoms with Gasteiger partial charge in [-0.05, 0) is 42.4 Å². The molecule has 0 nitrogen and oxygen atoms in total. The van der Waals surface area contributed by atoms with Crippen LogP contribution in [0.15, 0.2) is 0 Å². The first-order valence-corrected chi connectivity index (χ1v) is 5.33. The van der Waals surface area contributed by atoms with E-state index in [-0.39, 0.29) is 0 Å². The van der Waals surface area contributed by atoms with Crippen LogP contribution >= 0.6 is 0 Å². The largest absolute Gasteiger partial charge is 0.0620 e. The van der Waals surface area contributed by atoms with Gasteiger partial charge in [0.05, 0.1) is 0 Å². The van der Waals surface area contributed by atoms with Gasteiger partial charge in [-0.1, -0.05) is 34.6 Å². The molecule has 0 radical (unpaired) electrons. The van der Waals surface area contributed by atoms with E-state index in [1.54, 1.807) is 0 Å². The zero-order chi connectivity index (χ0) is 9.41. The Morgan fingerprint density at radius 1 is 1.25 bits per heavy atom. The predicted octanol–water partition coefficient (Wildman–Crippen LogP) is 4.25. The second kappa shape index (κ2) is 3.05. The monoisotopic (exact) mass is 168 g/mol. The van der Waals surface area contributed by atoms with E-state index in [0.717, 1.165) is 11.3 Å². The summed E-state index contributed by atoms with van der Waals surface area (Å²) >= 11 is 0. The summed E-state index contributed by atoms with van der Waals surface area (Å²) in [4.78, 5) is 0. The standard InChI is InChI=1S/C12H24/c1-10(11(2,3)4)6-7-12(5)8-9-12/h10H,6-9H2,1-5H3. The maximum absolute atomic E-state index is 2.43. The Morgan fingerprint density at radius 3 is 2.08 bits per heavy atom. The summed E-state index contributed by atoms with van der Waals surface area (Å²) in [6, 6.07) is 0. The highest BCUT2D eigenvalue weighted by atomic mass is 14.4. The Balaban J connectivity index is 2.23. The van der Waals surface area contributed by atoms with E-state index in [4.69, 9.17) is 0 Å². The molecule has 1 aliphatic carbocycles. The Hall–Kier alpha value is 0. The van der Waals surface area contributed by atoms with Gasteiger partial charge in [0.25, 0.3) is 0 Å². The maximum Gasteiger partial charge on any atom is -0.0325 e. The highest BCUT2D eigenvalue weighted by molar-refractivity contribution is 4.89. The molecule has 1 aliphatic rings. The lowest BCUT2D eigenvalue weighted by molar-refractivity contribution is 0.229. The second-order valence-electron chi connectivity index (χ2n) is 6.12. The Kier molecular flexibility index (Phi) is 2.56. The Morgan fingerprint density at radius 2 is 1.75 bits per heavy atom. The molecule has 0 aromatic carbocycles. The fourth-order valence-electron chi connectivity index (χ4n) is 1.46. The van der Waals surface area contributed by atoms with E-state index in [1.807, 2.05) is 0 Å². The van der Waals surface area contributed by atoms with Crippen LogP contribution in [-0.4, -0.2) is 0 Å². The molecule has 0 aromatic heterocycles. The van der Waals surface area contributed by atoms with Crippen LogP contribution < -0.4 is 0 Å². The maximum atomic E-state index is 2.43. The van der Waals surface area contributed by atoms with Crippen LogP contribution in [0.1, 0.15) is 60.3 Å². The van der Waals surface area contributed by atoms with Crippen molar-refractivity contribution in [3.8, 4) is 0 Å². The van der Waals surface area contributed by atoms with Crippen LogP contribution in [0.2, 0.25) is 0 Å². The summed E-state index contributed by atoms with van der Waals surface area (Å²) in [6.45, 7) is 11.9. The second-order valence-corrected chi connectivity index (χ2v) is 6.12. The lowest BCUT2D eigenvalue weighted by atomic mass is 9.78. The van der Waals surface area contributed by atoms with E-state index in [1.165, 1.54) is 25.7 Å². The van der Waals surface area contributed by atoms with Crippen molar-refractivity contribution in [2.45, 2.75) is 60.3 Å². The van der Waals surface area contributed by atoms with Crippen LogP contribution in [0.25, 0.3) is 0 Å². The van der Waals surface area contributed by atoms with Crippen molar-refractivity contribution in [2.75, 3.05) is 0 Å². The molecule has 0 aromatic rings. The first kappa shape index (κ1) is 10.1. The van der Waals surface area contributed by atoms with Crippen LogP contribution in [0.5, 0.6) is 0 Å². The van der Waals surface area contributed by atoms with Crippen molar-refractivity contribution in [1.29, 1.82) is 0 Å². The summed E-state index contributed by atoms with van der Waals surface area (Å²) in [5.41, 5.74) is 1.25. The van der Waals surface area contributed by atoms with Gasteiger partial charge in [-0.3, -0.25) is 0 Å². The SMILES string of the molecule is CC(CCC1(C)CC1)C(C)(C)C. The normalized spacial score (nSPS) is 23.8. The van der Waals surface area contributed by atoms with Crippen molar-refractivity contribution < 1.29 is 0 Å². The van der Waals surface area contributed by atoms with Gasteiger partial charge in [0, 0.05) is 0 Å². The van der Waals surface area contributed by atoms with Crippen molar-refractivity contribution in [3.05, 3.63) is 0 Å². The summed E-state index contributed by atoms with van der Waals surface area (Å²) in [7, 11) is 0. The van der Waals surface area contributed by atoms with Crippen LogP contribution in [0.3, 0.4) is 0 Å². The van der Waals surface area contributed by atoms with Gasteiger partial charge in [-0.25, -0.2) is 0 Å². The number of rotatable bonds is 3. The van der Waals surface area contributed by atoms with Gasteiger partial charge in [0.15, 0.2) is 0 Å². The molecular weight excluding hydrogens is 144 g/mol. The Bertz CT molecular complexity index is 146. The smallest absolute Gasteiger partial charge is 0.0325 e. The quantitative estimate of drug-likeness (QED) is 0.591. The molecule has 0 spiro atoms. The predicted molar refractivity (Wildman–Crippen MR) is 55.2 cm³/mol. The first-order valence-electron chi connectivity index (χ1n) is 5.33. The molecule has 0 saturated heterocycles. The zero-order valence-electron chi connectivity index (χ0n) is 9.41. The highest BCUT2D eigenvalue weighted by Crippen LogP contribution is 2.50. The molecule has 0 heteroatoms. The molecular formula is C12H24. The summed E-state index contributed by atoms with van der Waals surface area (Å²) in [6.07, 6.45) is 5.82. The Labute approximate surface area is 77.7 Å². The van der Waals surface area contributed by atoms with Crippen molar-refractivity contribution in [2.24, 2.45) is 16.7 Å². The lowest BCUT2D eigenvalue weighted by Crippen LogP contribution is -2.18. The summed E-state index contributed by atoms with van der Waals surface area (Å²) < 4.78 is 0. The first-order chi connectivity index (χ1) is 5.33. The molecule has 0 amide bonds. The summed E-state index contributed by atoms with van der Waals surface area (Å²) in [5, 5.41) is 0. The molecule has 72 valence electrons. The van der Waals surface area contributed by atoms with Gasteiger partial charge < -0.3 is 0 Å². The molecule has 12 heavy (non-hydrogen) atoms. The minimum atomic E-state index is 0.505. The molecule has 1 saturated carbocycles. The van der Waals surface area contributed by atoms with Crippen LogP contribution in [-0.2, 0) is 0 Å². The van der Waals surface area contributed by atoms with E-state index in [2.05, 4.69) is 34.6 Å². The van der Waals surface area contributed by atoms with E-state index < -0.39 is 0 Å². The average molecular weight is 168 g/mol. The minimum Gasteiger partial charge on any atom is -0.0620 e. The molecule has 0 bridgehead atoms. The average Bonchev–Trinajstić information content (AvgIpc) is 2.62. The topological polar surface area (TPSA) is 0 Å². The third-order valence-electron chi connectivity index (χ3n) is 3.76. The van der Waals surface area contributed by atoms with Crippen molar-refractivity contribution >= 4 is 0 Å². The number of hydrogen-bond donors (Lipinski definition) is 0. The highest BCUT2D eigenvalue weighted by Gasteiger charge is 2.37.